The molecule has 0 unspecified atom stereocenters. The van der Waals surface area contributed by atoms with E-state index in [1.54, 1.807) is 27.7 Å². The predicted octanol–water partition coefficient (Wildman–Crippen LogP) is 1.94. The number of hydrogen-bond donors (Lipinski definition) is 1. The molecule has 0 aromatic rings. The van der Waals surface area contributed by atoms with Crippen molar-refractivity contribution in [1.29, 1.82) is 0 Å². The zero-order chi connectivity index (χ0) is 21.3. The van der Waals surface area contributed by atoms with E-state index >= 15 is 0 Å². The van der Waals surface area contributed by atoms with Gasteiger partial charge in [0, 0.05) is 6.54 Å². The Balaban J connectivity index is 4.98. The van der Waals surface area contributed by atoms with Gasteiger partial charge in [-0.15, -0.1) is 0 Å². The molecule has 0 saturated carbocycles. The molecule has 0 aliphatic rings. The van der Waals surface area contributed by atoms with Crippen LogP contribution in [0.15, 0.2) is 0 Å². The summed E-state index contributed by atoms with van der Waals surface area (Å²) in [6.45, 7) is 8.26. The molecule has 0 amide bonds. The molecule has 0 spiro atoms. The molecular weight excluding hydrogens is 490 g/mol. The van der Waals surface area contributed by atoms with Crippen molar-refractivity contribution in [1.82, 2.24) is 0 Å². The molecule has 0 heterocycles. The largest absolute Gasteiger partial charge is 0.463 e. The highest BCUT2D eigenvalue weighted by Crippen LogP contribution is 2.25. The van der Waals surface area contributed by atoms with Crippen LogP contribution in [0.1, 0.15) is 34.6 Å². The molecule has 8 nitrogen and oxygen atoms in total. The Morgan fingerprint density at radius 2 is 1.19 bits per heavy atom. The molecule has 0 rings (SSSR count). The zero-order valence-corrected chi connectivity index (χ0v) is 19.6. The third-order valence-electron chi connectivity index (χ3n) is 3.23. The van der Waals surface area contributed by atoms with E-state index in [4.69, 9.17) is 24.7 Å². The van der Waals surface area contributed by atoms with Crippen molar-refractivity contribution in [3.05, 3.63) is 0 Å². The minimum atomic E-state index is -1.37. The van der Waals surface area contributed by atoms with Crippen LogP contribution in [-0.4, -0.2) is 66.1 Å². The normalized spacial score (nSPS) is 12.4. The van der Waals surface area contributed by atoms with Gasteiger partial charge in [0.2, 0.25) is 0 Å². The Labute approximate surface area is 177 Å². The van der Waals surface area contributed by atoms with Gasteiger partial charge in [-0.05, 0) is 34.6 Å². The number of alkyl halides is 2. The highest BCUT2D eigenvalue weighted by molar-refractivity contribution is 9.10. The van der Waals surface area contributed by atoms with Crippen LogP contribution >= 0.6 is 31.9 Å². The van der Waals surface area contributed by atoms with E-state index in [1.807, 2.05) is 0 Å². The van der Waals surface area contributed by atoms with Crippen LogP contribution in [0.5, 0.6) is 0 Å². The van der Waals surface area contributed by atoms with Gasteiger partial charge in [0.25, 0.3) is 0 Å². The third-order valence-corrected chi connectivity index (χ3v) is 3.88. The Kier molecular flexibility index (Phi) is 11.0. The fourth-order valence-corrected chi connectivity index (χ4v) is 1.73. The summed E-state index contributed by atoms with van der Waals surface area (Å²) >= 11 is 6.39. The molecule has 2 N–H and O–H groups in total. The monoisotopic (exact) mass is 517 g/mol. The number of carbonyl (C=O) groups excluding carboxylic acids is 3. The SMILES string of the molecule is CC(C)(Br)C(=O)OCC(C)(COC(=O)C(C)(C)Br)C(=O)OCCOCCN. The molecule has 0 aliphatic carbocycles. The first-order valence-corrected chi connectivity index (χ1v) is 10.00. The molecule has 158 valence electrons. The van der Waals surface area contributed by atoms with Crippen LogP contribution in [0.4, 0.5) is 0 Å². The minimum Gasteiger partial charge on any atom is -0.463 e. The van der Waals surface area contributed by atoms with E-state index in [2.05, 4.69) is 31.9 Å². The summed E-state index contributed by atoms with van der Waals surface area (Å²) in [7, 11) is 0. The molecule has 0 saturated heterocycles. The third kappa shape index (κ3) is 10.4. The molecule has 0 fully saturated rings. The number of rotatable bonds is 12. The van der Waals surface area contributed by atoms with Crippen LogP contribution in [0.2, 0.25) is 0 Å². The highest BCUT2D eigenvalue weighted by atomic mass is 79.9. The Hall–Kier alpha value is -0.710. The van der Waals surface area contributed by atoms with Crippen LogP contribution in [0.25, 0.3) is 0 Å². The molecular formula is C17H29Br2NO7. The summed E-state index contributed by atoms with van der Waals surface area (Å²) in [4.78, 5) is 36.5. The standard InChI is InChI=1S/C17H29Br2NO7/c1-15(2,18)12(21)26-10-17(5,11-27-13(22)16(3,4)19)14(23)25-9-8-24-7-6-20/h6-11,20H2,1-5H3. The summed E-state index contributed by atoms with van der Waals surface area (Å²) in [5.74, 6) is -1.78. The molecule has 0 bridgehead atoms. The van der Waals surface area contributed by atoms with Gasteiger partial charge in [-0.2, -0.15) is 0 Å². The lowest BCUT2D eigenvalue weighted by Gasteiger charge is -2.28. The summed E-state index contributed by atoms with van der Waals surface area (Å²) < 4.78 is 18.9. The van der Waals surface area contributed by atoms with E-state index in [0.29, 0.717) is 13.2 Å². The van der Waals surface area contributed by atoms with E-state index in [0.717, 1.165) is 0 Å². The lowest BCUT2D eigenvalue weighted by atomic mass is 9.93. The topological polar surface area (TPSA) is 114 Å². The van der Waals surface area contributed by atoms with E-state index in [-0.39, 0.29) is 26.4 Å². The smallest absolute Gasteiger partial charge is 0.322 e. The lowest BCUT2D eigenvalue weighted by molar-refractivity contribution is -0.172. The first-order valence-electron chi connectivity index (χ1n) is 8.41. The number of halogens is 2. The highest BCUT2D eigenvalue weighted by Gasteiger charge is 2.41. The summed E-state index contributed by atoms with van der Waals surface area (Å²) in [6, 6.07) is 0. The molecule has 0 aliphatic heterocycles. The minimum absolute atomic E-state index is 0.00416. The van der Waals surface area contributed by atoms with Gasteiger partial charge in [-0.25, -0.2) is 0 Å². The van der Waals surface area contributed by atoms with Crippen molar-refractivity contribution in [2.24, 2.45) is 11.1 Å². The average molecular weight is 519 g/mol. The number of nitrogens with two attached hydrogens (primary N) is 1. The molecule has 10 heteroatoms. The van der Waals surface area contributed by atoms with Gasteiger partial charge >= 0.3 is 17.9 Å². The molecule has 0 aromatic carbocycles. The Morgan fingerprint density at radius 3 is 1.56 bits per heavy atom. The molecule has 27 heavy (non-hydrogen) atoms. The Morgan fingerprint density at radius 1 is 0.741 bits per heavy atom. The van der Waals surface area contributed by atoms with Gasteiger partial charge in [0.1, 0.15) is 33.9 Å². The van der Waals surface area contributed by atoms with Crippen molar-refractivity contribution in [2.45, 2.75) is 43.3 Å². The van der Waals surface area contributed by atoms with Crippen molar-refractivity contribution in [2.75, 3.05) is 39.6 Å². The maximum absolute atomic E-state index is 12.5. The average Bonchev–Trinajstić information content (AvgIpc) is 2.55. The fraction of sp³-hybridized carbons (Fsp3) is 0.824. The molecule has 0 radical (unpaired) electrons. The van der Waals surface area contributed by atoms with Gasteiger partial charge in [0.15, 0.2) is 0 Å². The van der Waals surface area contributed by atoms with E-state index < -0.39 is 32.0 Å². The van der Waals surface area contributed by atoms with Crippen molar-refractivity contribution in [3.8, 4) is 0 Å². The fourth-order valence-electron chi connectivity index (χ4n) is 1.51. The lowest BCUT2D eigenvalue weighted by Crippen LogP contribution is -2.43. The summed E-state index contributed by atoms with van der Waals surface area (Å²) in [5, 5.41) is 0. The second-order valence-electron chi connectivity index (χ2n) is 7.19. The quantitative estimate of drug-likeness (QED) is 0.180. The number of ether oxygens (including phenoxy) is 4. The van der Waals surface area contributed by atoms with Gasteiger partial charge in [-0.1, -0.05) is 31.9 Å². The van der Waals surface area contributed by atoms with Gasteiger partial charge in [-0.3, -0.25) is 14.4 Å². The van der Waals surface area contributed by atoms with Crippen LogP contribution < -0.4 is 5.73 Å². The molecule has 0 aromatic heterocycles. The maximum Gasteiger partial charge on any atom is 0.322 e. The van der Waals surface area contributed by atoms with Crippen molar-refractivity contribution >= 4 is 49.8 Å². The number of hydrogen-bond acceptors (Lipinski definition) is 8. The molecule has 0 atom stereocenters. The van der Waals surface area contributed by atoms with E-state index in [9.17, 15) is 14.4 Å². The van der Waals surface area contributed by atoms with Crippen LogP contribution in [0.3, 0.4) is 0 Å². The summed E-state index contributed by atoms with van der Waals surface area (Å²) in [6.07, 6.45) is 0. The second kappa shape index (κ2) is 11.3. The first-order chi connectivity index (χ1) is 12.2. The van der Waals surface area contributed by atoms with Crippen LogP contribution in [-0.2, 0) is 33.3 Å². The maximum atomic E-state index is 12.5. The second-order valence-corrected chi connectivity index (χ2v) is 11.2. The van der Waals surface area contributed by atoms with Crippen molar-refractivity contribution < 1.29 is 33.3 Å². The predicted molar refractivity (Wildman–Crippen MR) is 107 cm³/mol. The zero-order valence-electron chi connectivity index (χ0n) is 16.4. The summed E-state index contributed by atoms with van der Waals surface area (Å²) in [5.41, 5.74) is 3.94. The van der Waals surface area contributed by atoms with Crippen LogP contribution in [0, 0.1) is 5.41 Å². The van der Waals surface area contributed by atoms with Gasteiger partial charge < -0.3 is 24.7 Å². The first kappa shape index (κ1) is 26.3. The number of carbonyl (C=O) groups is 3. The number of esters is 3. The van der Waals surface area contributed by atoms with Gasteiger partial charge in [0.05, 0.1) is 13.2 Å². The van der Waals surface area contributed by atoms with E-state index in [1.165, 1.54) is 6.92 Å². The Bertz CT molecular complexity index is 482. The van der Waals surface area contributed by atoms with Crippen molar-refractivity contribution in [3.63, 3.8) is 0 Å².